The van der Waals surface area contributed by atoms with Crippen LogP contribution in [0.4, 0.5) is 5.82 Å². The zero-order valence-corrected chi connectivity index (χ0v) is 12.0. The first kappa shape index (κ1) is 12.7. The van der Waals surface area contributed by atoms with Crippen LogP contribution in [0.25, 0.3) is 11.2 Å². The molecule has 9 heteroatoms. The van der Waals surface area contributed by atoms with Gasteiger partial charge in [0, 0.05) is 0 Å². The molecule has 0 radical (unpaired) electrons. The Hall–Kier alpha value is -1.81. The Labute approximate surface area is 125 Å². The van der Waals surface area contributed by atoms with Crippen molar-refractivity contribution in [3.8, 4) is 0 Å². The number of nitrogens with zero attached hydrogens (tertiary/aromatic N) is 4. The second-order valence-electron chi connectivity index (χ2n) is 6.37. The number of hydrogen-bond donors (Lipinski definition) is 2. The first-order valence-corrected chi connectivity index (χ1v) is 7.08. The molecule has 0 aromatic carbocycles. The number of aliphatic hydroxyl groups excluding tert-OH is 1. The van der Waals surface area contributed by atoms with Crippen molar-refractivity contribution in [1.29, 1.82) is 0 Å². The minimum absolute atomic E-state index is 0.311. The third-order valence-electron chi connectivity index (χ3n) is 4.57. The van der Waals surface area contributed by atoms with E-state index >= 15 is 0 Å². The number of aromatic nitrogens is 4. The van der Waals surface area contributed by atoms with Crippen molar-refractivity contribution in [2.45, 2.75) is 49.8 Å². The quantitative estimate of drug-likeness (QED) is 0.729. The van der Waals surface area contributed by atoms with Crippen LogP contribution in [0.2, 0.25) is 0 Å². The summed E-state index contributed by atoms with van der Waals surface area (Å²) in [5.74, 6) is -0.460. The van der Waals surface area contributed by atoms with Gasteiger partial charge in [0.2, 0.25) is 0 Å². The van der Waals surface area contributed by atoms with Gasteiger partial charge in [-0.05, 0) is 13.8 Å². The number of imidazole rings is 1. The summed E-state index contributed by atoms with van der Waals surface area (Å²) in [7, 11) is 0. The molecule has 2 aromatic heterocycles. The smallest absolute Gasteiger partial charge is 0.167 e. The van der Waals surface area contributed by atoms with Crippen molar-refractivity contribution in [2.24, 2.45) is 0 Å². The molecule has 3 fully saturated rings. The van der Waals surface area contributed by atoms with Crippen LogP contribution < -0.4 is 5.73 Å². The summed E-state index contributed by atoms with van der Waals surface area (Å²) in [6, 6.07) is 0. The number of ether oxygens (including phenoxy) is 3. The second kappa shape index (κ2) is 3.57. The van der Waals surface area contributed by atoms with Crippen LogP contribution in [0.3, 0.4) is 0 Å². The zero-order chi connectivity index (χ0) is 15.3. The molecule has 3 N–H and O–H groups in total. The van der Waals surface area contributed by atoms with E-state index in [4.69, 9.17) is 19.9 Å². The first-order valence-electron chi connectivity index (χ1n) is 7.08. The average molecular weight is 305 g/mol. The van der Waals surface area contributed by atoms with Gasteiger partial charge in [0.1, 0.15) is 30.2 Å². The molecule has 0 bridgehead atoms. The van der Waals surface area contributed by atoms with Crippen LogP contribution in [-0.2, 0) is 14.2 Å². The van der Waals surface area contributed by atoms with Gasteiger partial charge < -0.3 is 25.1 Å². The number of hydrogen-bond acceptors (Lipinski definition) is 8. The molecular formula is C13H15N5O4. The third-order valence-corrected chi connectivity index (χ3v) is 4.57. The lowest BCUT2D eigenvalue weighted by molar-refractivity contribution is -0.183. The Morgan fingerprint density at radius 2 is 2.09 bits per heavy atom. The summed E-state index contributed by atoms with van der Waals surface area (Å²) in [5, 5.41) is 10.1. The van der Waals surface area contributed by atoms with Crippen LogP contribution in [0.1, 0.15) is 20.1 Å². The average Bonchev–Trinajstić information content (AvgIpc) is 2.85. The van der Waals surface area contributed by atoms with Gasteiger partial charge in [-0.3, -0.25) is 4.57 Å². The lowest BCUT2D eigenvalue weighted by Gasteiger charge is -2.23. The first-order chi connectivity index (χ1) is 10.4. The van der Waals surface area contributed by atoms with Gasteiger partial charge in [0.05, 0.1) is 6.33 Å². The number of rotatable bonds is 1. The van der Waals surface area contributed by atoms with Crippen molar-refractivity contribution >= 4 is 17.0 Å². The van der Waals surface area contributed by atoms with Crippen molar-refractivity contribution in [3.05, 3.63) is 12.7 Å². The molecule has 22 heavy (non-hydrogen) atoms. The molecule has 2 saturated heterocycles. The van der Waals surface area contributed by atoms with Gasteiger partial charge in [-0.1, -0.05) is 0 Å². The maximum atomic E-state index is 10.1. The maximum absolute atomic E-state index is 10.1. The minimum atomic E-state index is -0.802. The lowest BCUT2D eigenvalue weighted by Crippen LogP contribution is -2.34. The van der Waals surface area contributed by atoms with Crippen LogP contribution in [0, 0.1) is 0 Å². The number of nitrogens with two attached hydrogens (primary N) is 1. The van der Waals surface area contributed by atoms with Crippen molar-refractivity contribution in [2.75, 3.05) is 5.73 Å². The Bertz CT molecular complexity index is 792. The third kappa shape index (κ3) is 1.30. The van der Waals surface area contributed by atoms with Crippen LogP contribution in [0.5, 0.6) is 0 Å². The maximum Gasteiger partial charge on any atom is 0.167 e. The molecule has 1 aliphatic carbocycles. The fourth-order valence-corrected chi connectivity index (χ4v) is 3.64. The summed E-state index contributed by atoms with van der Waals surface area (Å²) >= 11 is 0. The van der Waals surface area contributed by atoms with Gasteiger partial charge in [0.25, 0.3) is 0 Å². The highest BCUT2D eigenvalue weighted by Crippen LogP contribution is 2.63. The summed E-state index contributed by atoms with van der Waals surface area (Å²) in [6.45, 7) is 3.65. The van der Waals surface area contributed by atoms with E-state index in [-0.39, 0.29) is 0 Å². The lowest BCUT2D eigenvalue weighted by atomic mass is 10.1. The van der Waals surface area contributed by atoms with E-state index < -0.39 is 35.9 Å². The van der Waals surface area contributed by atoms with E-state index in [0.717, 1.165) is 0 Å². The van der Waals surface area contributed by atoms with E-state index in [0.29, 0.717) is 17.0 Å². The van der Waals surface area contributed by atoms with Crippen molar-refractivity contribution in [1.82, 2.24) is 19.5 Å². The topological polar surface area (TPSA) is 118 Å². The molecule has 9 nitrogen and oxygen atoms in total. The SMILES string of the molecule is CC1(C)O[C@H]2[C@H](n3cnc4c(N)ncnc43)O[C@@H]3C(O)[C@@]32O1. The van der Waals surface area contributed by atoms with Crippen molar-refractivity contribution < 1.29 is 19.3 Å². The molecule has 4 heterocycles. The van der Waals surface area contributed by atoms with Gasteiger partial charge in [-0.25, -0.2) is 15.0 Å². The molecule has 2 aliphatic heterocycles. The molecule has 2 aromatic rings. The molecule has 3 aliphatic rings. The molecule has 5 atom stereocenters. The Balaban J connectivity index is 1.61. The van der Waals surface area contributed by atoms with E-state index in [1.54, 1.807) is 10.9 Å². The van der Waals surface area contributed by atoms with E-state index in [2.05, 4.69) is 15.0 Å². The Kier molecular flexibility index (Phi) is 2.06. The molecule has 116 valence electrons. The van der Waals surface area contributed by atoms with E-state index in [1.165, 1.54) is 6.33 Å². The predicted octanol–water partition coefficient (Wildman–Crippen LogP) is -0.429. The Morgan fingerprint density at radius 1 is 1.27 bits per heavy atom. The molecule has 5 rings (SSSR count). The summed E-state index contributed by atoms with van der Waals surface area (Å²) in [5.41, 5.74) is 6.09. The fraction of sp³-hybridized carbons (Fsp3) is 0.615. The summed E-state index contributed by atoms with van der Waals surface area (Å²) in [4.78, 5) is 12.4. The standard InChI is InChI=1S/C13H15N5O4/c1-12(2)21-8-11(20-7-6(19)13(7,8)22-12)18-4-17-5-9(14)15-3-16-10(5)18/h3-4,6-8,11,19H,1-2H3,(H2,14,15,16)/t6?,7-,8+,11-,13-/m1/s1. The van der Waals surface area contributed by atoms with E-state index in [9.17, 15) is 5.11 Å². The molecular weight excluding hydrogens is 290 g/mol. The molecule has 1 saturated carbocycles. The van der Waals surface area contributed by atoms with Gasteiger partial charge in [-0.15, -0.1) is 0 Å². The highest BCUT2D eigenvalue weighted by Gasteiger charge is 2.83. The fourth-order valence-electron chi connectivity index (χ4n) is 3.64. The van der Waals surface area contributed by atoms with Crippen LogP contribution in [-0.4, -0.2) is 54.3 Å². The minimum Gasteiger partial charge on any atom is -0.387 e. The predicted molar refractivity (Wildman–Crippen MR) is 72.4 cm³/mol. The highest BCUT2D eigenvalue weighted by atomic mass is 16.8. The highest BCUT2D eigenvalue weighted by molar-refractivity contribution is 5.81. The number of anilines is 1. The number of aliphatic hydroxyl groups is 1. The van der Waals surface area contributed by atoms with E-state index in [1.807, 2.05) is 13.8 Å². The van der Waals surface area contributed by atoms with Crippen LogP contribution in [0.15, 0.2) is 12.7 Å². The zero-order valence-electron chi connectivity index (χ0n) is 12.0. The van der Waals surface area contributed by atoms with Crippen molar-refractivity contribution in [3.63, 3.8) is 0 Å². The monoisotopic (exact) mass is 305 g/mol. The molecule has 1 unspecified atom stereocenters. The Morgan fingerprint density at radius 3 is 2.91 bits per heavy atom. The summed E-state index contributed by atoms with van der Waals surface area (Å²) < 4.78 is 19.6. The largest absolute Gasteiger partial charge is 0.387 e. The van der Waals surface area contributed by atoms with Gasteiger partial charge in [-0.2, -0.15) is 0 Å². The van der Waals surface area contributed by atoms with Gasteiger partial charge in [0.15, 0.2) is 29.1 Å². The molecule has 1 spiro atoms. The molecule has 0 amide bonds. The second-order valence-corrected chi connectivity index (χ2v) is 6.37. The van der Waals surface area contributed by atoms with Gasteiger partial charge >= 0.3 is 0 Å². The normalized spacial score (nSPS) is 41.6. The van der Waals surface area contributed by atoms with Crippen LogP contribution >= 0.6 is 0 Å². The summed E-state index contributed by atoms with van der Waals surface area (Å²) in [6.07, 6.45) is 0.989. The number of fused-ring (bicyclic) bond motifs is 1. The number of nitrogen functional groups attached to an aromatic ring is 1.